The summed E-state index contributed by atoms with van der Waals surface area (Å²) in [5.41, 5.74) is 0. The summed E-state index contributed by atoms with van der Waals surface area (Å²) in [7, 11) is -2.95. The SMILES string of the molecule is CCS(=O)(=O)CCNC(C)C(=O)N1CCCC1. The number of carbonyl (C=O) groups excluding carboxylic acids is 1. The van der Waals surface area contributed by atoms with Crippen LogP contribution in [0.4, 0.5) is 0 Å². The summed E-state index contributed by atoms with van der Waals surface area (Å²) in [6.45, 7) is 5.43. The molecule has 1 aliphatic heterocycles. The van der Waals surface area contributed by atoms with E-state index in [-0.39, 0.29) is 23.5 Å². The molecule has 1 aliphatic rings. The third-order valence-corrected chi connectivity index (χ3v) is 4.80. The van der Waals surface area contributed by atoms with Crippen LogP contribution in [0.1, 0.15) is 26.7 Å². The van der Waals surface area contributed by atoms with Crippen molar-refractivity contribution >= 4 is 15.7 Å². The largest absolute Gasteiger partial charge is 0.341 e. The van der Waals surface area contributed by atoms with Crippen molar-refractivity contribution in [1.29, 1.82) is 0 Å². The molecule has 0 spiro atoms. The number of likely N-dealkylation sites (tertiary alicyclic amines) is 1. The second kappa shape index (κ2) is 6.35. The van der Waals surface area contributed by atoms with Gasteiger partial charge in [-0.05, 0) is 19.8 Å². The predicted octanol–water partition coefficient (Wildman–Crippen LogP) is 0.0216. The maximum atomic E-state index is 11.9. The summed E-state index contributed by atoms with van der Waals surface area (Å²) in [5, 5.41) is 2.98. The molecule has 1 fully saturated rings. The molecule has 0 aliphatic carbocycles. The lowest BCUT2D eigenvalue weighted by atomic mass is 10.3. The van der Waals surface area contributed by atoms with E-state index >= 15 is 0 Å². The second-order valence-electron chi connectivity index (χ2n) is 4.44. The number of rotatable bonds is 6. The molecular formula is C11H22N2O3S. The van der Waals surface area contributed by atoms with E-state index in [0.29, 0.717) is 6.54 Å². The monoisotopic (exact) mass is 262 g/mol. The Morgan fingerprint density at radius 1 is 1.35 bits per heavy atom. The summed E-state index contributed by atoms with van der Waals surface area (Å²) in [5.74, 6) is 0.334. The lowest BCUT2D eigenvalue weighted by molar-refractivity contribution is -0.131. The molecule has 1 amide bonds. The third kappa shape index (κ3) is 4.63. The Balaban J connectivity index is 2.29. The minimum atomic E-state index is -2.95. The summed E-state index contributed by atoms with van der Waals surface area (Å²) in [6, 6.07) is -0.292. The molecule has 1 rings (SSSR count). The van der Waals surface area contributed by atoms with Gasteiger partial charge in [0.15, 0.2) is 9.84 Å². The van der Waals surface area contributed by atoms with Gasteiger partial charge in [-0.1, -0.05) is 6.92 Å². The molecule has 0 radical (unpaired) electrons. The highest BCUT2D eigenvalue weighted by molar-refractivity contribution is 7.91. The van der Waals surface area contributed by atoms with Gasteiger partial charge in [-0.25, -0.2) is 8.42 Å². The molecule has 6 heteroatoms. The fraction of sp³-hybridized carbons (Fsp3) is 0.909. The Kier molecular flexibility index (Phi) is 5.39. The molecule has 17 heavy (non-hydrogen) atoms. The van der Waals surface area contributed by atoms with Gasteiger partial charge >= 0.3 is 0 Å². The van der Waals surface area contributed by atoms with Gasteiger partial charge in [-0.2, -0.15) is 0 Å². The standard InChI is InChI=1S/C11H22N2O3S/c1-3-17(15,16)9-6-12-10(2)11(14)13-7-4-5-8-13/h10,12H,3-9H2,1-2H3. The average Bonchev–Trinajstić information content (AvgIpc) is 2.81. The van der Waals surface area contributed by atoms with E-state index in [2.05, 4.69) is 5.32 Å². The van der Waals surface area contributed by atoms with Crippen LogP contribution in [0.5, 0.6) is 0 Å². The quantitative estimate of drug-likeness (QED) is 0.733. The van der Waals surface area contributed by atoms with Crippen molar-refractivity contribution in [3.8, 4) is 0 Å². The van der Waals surface area contributed by atoms with E-state index in [1.54, 1.807) is 13.8 Å². The van der Waals surface area contributed by atoms with Crippen LogP contribution in [0.3, 0.4) is 0 Å². The van der Waals surface area contributed by atoms with Gasteiger partial charge in [0.05, 0.1) is 11.8 Å². The Labute approximate surface area is 103 Å². The molecule has 1 atom stereocenters. The highest BCUT2D eigenvalue weighted by Crippen LogP contribution is 2.08. The van der Waals surface area contributed by atoms with Crippen LogP contribution >= 0.6 is 0 Å². The number of hydrogen-bond acceptors (Lipinski definition) is 4. The molecule has 100 valence electrons. The Bertz CT molecular complexity index is 348. The number of amides is 1. The molecule has 0 saturated carbocycles. The van der Waals surface area contributed by atoms with Gasteiger partial charge in [0.1, 0.15) is 0 Å². The molecular weight excluding hydrogens is 240 g/mol. The first kappa shape index (κ1) is 14.4. The van der Waals surface area contributed by atoms with Gasteiger partial charge in [-0.3, -0.25) is 4.79 Å². The van der Waals surface area contributed by atoms with Crippen molar-refractivity contribution in [1.82, 2.24) is 10.2 Å². The summed E-state index contributed by atoms with van der Waals surface area (Å²) >= 11 is 0. The molecule has 0 aromatic heterocycles. The van der Waals surface area contributed by atoms with Crippen LogP contribution in [-0.4, -0.2) is 56.4 Å². The van der Waals surface area contributed by atoms with Crippen molar-refractivity contribution in [2.24, 2.45) is 0 Å². The Hall–Kier alpha value is -0.620. The zero-order valence-corrected chi connectivity index (χ0v) is 11.4. The maximum Gasteiger partial charge on any atom is 0.239 e. The number of hydrogen-bond donors (Lipinski definition) is 1. The molecule has 1 heterocycles. The lowest BCUT2D eigenvalue weighted by Gasteiger charge is -2.21. The van der Waals surface area contributed by atoms with Crippen molar-refractivity contribution < 1.29 is 13.2 Å². The highest BCUT2D eigenvalue weighted by atomic mass is 32.2. The molecule has 5 nitrogen and oxygen atoms in total. The minimum Gasteiger partial charge on any atom is -0.341 e. The highest BCUT2D eigenvalue weighted by Gasteiger charge is 2.22. The summed E-state index contributed by atoms with van der Waals surface area (Å²) < 4.78 is 22.5. The van der Waals surface area contributed by atoms with E-state index in [9.17, 15) is 13.2 Å². The lowest BCUT2D eigenvalue weighted by Crippen LogP contribution is -2.44. The maximum absolute atomic E-state index is 11.9. The zero-order chi connectivity index (χ0) is 12.9. The minimum absolute atomic E-state index is 0.0800. The van der Waals surface area contributed by atoms with Crippen LogP contribution in [0, 0.1) is 0 Å². The van der Waals surface area contributed by atoms with Gasteiger partial charge in [0.2, 0.25) is 5.91 Å². The normalized spacial score (nSPS) is 18.4. The molecule has 1 saturated heterocycles. The second-order valence-corrected chi connectivity index (χ2v) is 6.92. The first-order chi connectivity index (χ1) is 7.96. The van der Waals surface area contributed by atoms with Gasteiger partial charge < -0.3 is 10.2 Å². The number of nitrogens with zero attached hydrogens (tertiary/aromatic N) is 1. The predicted molar refractivity (Wildman–Crippen MR) is 67.6 cm³/mol. The summed E-state index contributed by atoms with van der Waals surface area (Å²) in [6.07, 6.45) is 2.14. The van der Waals surface area contributed by atoms with Gasteiger partial charge in [-0.15, -0.1) is 0 Å². The Morgan fingerprint density at radius 3 is 2.47 bits per heavy atom. The van der Waals surface area contributed by atoms with Gasteiger partial charge in [0.25, 0.3) is 0 Å². The van der Waals surface area contributed by atoms with E-state index in [1.165, 1.54) is 0 Å². The number of carbonyl (C=O) groups is 1. The van der Waals surface area contributed by atoms with E-state index in [1.807, 2.05) is 4.90 Å². The average molecular weight is 262 g/mol. The van der Waals surface area contributed by atoms with Crippen molar-refractivity contribution in [3.63, 3.8) is 0 Å². The number of sulfone groups is 1. The van der Waals surface area contributed by atoms with E-state index in [4.69, 9.17) is 0 Å². The van der Waals surface area contributed by atoms with Gasteiger partial charge in [0, 0.05) is 25.4 Å². The van der Waals surface area contributed by atoms with E-state index in [0.717, 1.165) is 25.9 Å². The molecule has 0 bridgehead atoms. The first-order valence-electron chi connectivity index (χ1n) is 6.19. The topological polar surface area (TPSA) is 66.5 Å². The fourth-order valence-electron chi connectivity index (χ4n) is 1.87. The van der Waals surface area contributed by atoms with Crippen LogP contribution in [0.25, 0.3) is 0 Å². The van der Waals surface area contributed by atoms with Crippen molar-refractivity contribution in [3.05, 3.63) is 0 Å². The molecule has 1 N–H and O–H groups in total. The summed E-state index contributed by atoms with van der Waals surface area (Å²) in [4.78, 5) is 13.7. The smallest absolute Gasteiger partial charge is 0.239 e. The van der Waals surface area contributed by atoms with Crippen LogP contribution in [0.15, 0.2) is 0 Å². The molecule has 0 aromatic carbocycles. The molecule has 1 unspecified atom stereocenters. The first-order valence-corrected chi connectivity index (χ1v) is 8.01. The van der Waals surface area contributed by atoms with Crippen molar-refractivity contribution in [2.45, 2.75) is 32.7 Å². The third-order valence-electron chi connectivity index (χ3n) is 3.09. The van der Waals surface area contributed by atoms with Crippen LogP contribution in [0.2, 0.25) is 0 Å². The molecule has 0 aromatic rings. The fourth-order valence-corrected chi connectivity index (χ4v) is 2.59. The van der Waals surface area contributed by atoms with Crippen molar-refractivity contribution in [2.75, 3.05) is 31.1 Å². The van der Waals surface area contributed by atoms with Crippen LogP contribution < -0.4 is 5.32 Å². The van der Waals surface area contributed by atoms with Crippen LogP contribution in [-0.2, 0) is 14.6 Å². The number of nitrogens with one attached hydrogen (secondary N) is 1. The zero-order valence-electron chi connectivity index (χ0n) is 10.6. The van der Waals surface area contributed by atoms with E-state index < -0.39 is 9.84 Å². The Morgan fingerprint density at radius 2 is 1.94 bits per heavy atom.